The van der Waals surface area contributed by atoms with Crippen LogP contribution in [0, 0.1) is 0 Å². The first kappa shape index (κ1) is 17.9. The minimum absolute atomic E-state index is 0.0808. The van der Waals surface area contributed by atoms with Crippen molar-refractivity contribution in [2.45, 2.75) is 25.8 Å². The number of pyridine rings is 1. The molecule has 0 aliphatic carbocycles. The molecule has 1 atom stereocenters. The molecule has 1 aromatic carbocycles. The summed E-state index contributed by atoms with van der Waals surface area (Å²) in [5.41, 5.74) is 0.567. The van der Waals surface area contributed by atoms with Crippen LogP contribution in [0.4, 0.5) is 0 Å². The highest BCUT2D eigenvalue weighted by atomic mass is 35.5. The summed E-state index contributed by atoms with van der Waals surface area (Å²) in [6.45, 7) is 2.63. The van der Waals surface area contributed by atoms with E-state index in [1.54, 1.807) is 23.6 Å². The summed E-state index contributed by atoms with van der Waals surface area (Å²) in [4.78, 5) is 28.2. The number of benzene rings is 1. The third-order valence-corrected chi connectivity index (χ3v) is 5.48. The first-order valence-corrected chi connectivity index (χ1v) is 9.38. The minimum Gasteiger partial charge on any atom is -0.329 e. The highest BCUT2D eigenvalue weighted by Gasteiger charge is 2.15. The smallest absolute Gasteiger partial charge is 0.255 e. The number of fused-ring (bicyclic) bond motifs is 1. The van der Waals surface area contributed by atoms with Crippen LogP contribution in [0.1, 0.15) is 17.4 Å². The van der Waals surface area contributed by atoms with Crippen LogP contribution in [0.15, 0.2) is 46.7 Å². The molecule has 1 unspecified atom stereocenters. The Hall–Kier alpha value is -1.95. The Morgan fingerprint density at radius 2 is 2.20 bits per heavy atom. The Balaban J connectivity index is 1.64. The lowest BCUT2D eigenvalue weighted by Gasteiger charge is -2.13. The number of Topliss-reactive ketones (excluding diaryl/α,β-unsaturated/α-hetero) is 1. The molecule has 0 saturated heterocycles. The van der Waals surface area contributed by atoms with Crippen LogP contribution < -0.4 is 10.9 Å². The molecule has 0 bridgehead atoms. The predicted octanol–water partition coefficient (Wildman–Crippen LogP) is 3.58. The van der Waals surface area contributed by atoms with Gasteiger partial charge in [-0.15, -0.1) is 11.3 Å². The predicted molar refractivity (Wildman–Crippen MR) is 104 cm³/mol. The van der Waals surface area contributed by atoms with Crippen LogP contribution in [-0.4, -0.2) is 23.4 Å². The fraction of sp³-hybridized carbons (Fsp3) is 0.263. The largest absolute Gasteiger partial charge is 0.329 e. The number of nitrogens with one attached hydrogen (secondary N) is 2. The standard InChI is InChI=1S/C19H19ClN2O2S/c1-12(21-7-5-15-3-2-8-25-15)18(23)10-14-9-13-4-6-22-19(24)16(13)11-17(14)20/h2-4,6,8-9,11-12,21H,5,7,10H2,1H3,(H,22,24). The van der Waals surface area contributed by atoms with Crippen LogP contribution in [0.25, 0.3) is 10.8 Å². The molecule has 0 radical (unpaired) electrons. The van der Waals surface area contributed by atoms with E-state index in [0.29, 0.717) is 10.4 Å². The van der Waals surface area contributed by atoms with Gasteiger partial charge in [0.2, 0.25) is 0 Å². The van der Waals surface area contributed by atoms with Crippen molar-refractivity contribution in [3.8, 4) is 0 Å². The highest BCUT2D eigenvalue weighted by molar-refractivity contribution is 7.09. The first-order chi connectivity index (χ1) is 12.0. The quantitative estimate of drug-likeness (QED) is 0.664. The zero-order chi connectivity index (χ0) is 17.8. The van der Waals surface area contributed by atoms with E-state index in [2.05, 4.69) is 21.7 Å². The van der Waals surface area contributed by atoms with Crippen molar-refractivity contribution in [3.63, 3.8) is 0 Å². The van der Waals surface area contributed by atoms with Crippen molar-refractivity contribution in [1.29, 1.82) is 0 Å². The second-order valence-electron chi connectivity index (χ2n) is 5.99. The van der Waals surface area contributed by atoms with Crippen LogP contribution in [-0.2, 0) is 17.6 Å². The number of carbonyl (C=O) groups excluding carboxylic acids is 1. The van der Waals surface area contributed by atoms with E-state index in [9.17, 15) is 9.59 Å². The van der Waals surface area contributed by atoms with E-state index in [-0.39, 0.29) is 23.8 Å². The van der Waals surface area contributed by atoms with Gasteiger partial charge in [0.1, 0.15) is 0 Å². The lowest BCUT2D eigenvalue weighted by molar-refractivity contribution is -0.120. The summed E-state index contributed by atoms with van der Waals surface area (Å²) in [5, 5.41) is 7.09. The maximum Gasteiger partial charge on any atom is 0.255 e. The minimum atomic E-state index is -0.245. The number of hydrogen-bond donors (Lipinski definition) is 2. The van der Waals surface area contributed by atoms with E-state index >= 15 is 0 Å². The number of rotatable bonds is 7. The van der Waals surface area contributed by atoms with Crippen LogP contribution in [0.2, 0.25) is 5.02 Å². The Morgan fingerprint density at radius 1 is 1.36 bits per heavy atom. The number of H-pyrrole nitrogens is 1. The number of hydrogen-bond acceptors (Lipinski definition) is 4. The molecule has 0 spiro atoms. The summed E-state index contributed by atoms with van der Waals surface area (Å²) in [6, 6.07) is 9.14. The lowest BCUT2D eigenvalue weighted by Crippen LogP contribution is -2.36. The number of aromatic amines is 1. The molecule has 0 fully saturated rings. The molecule has 0 amide bonds. The summed E-state index contributed by atoms with van der Waals surface area (Å²) in [7, 11) is 0. The molecule has 2 heterocycles. The number of halogens is 1. The highest BCUT2D eigenvalue weighted by Crippen LogP contribution is 2.22. The Bertz CT molecular complexity index is 934. The van der Waals surface area contributed by atoms with Gasteiger partial charge in [0.15, 0.2) is 5.78 Å². The van der Waals surface area contributed by atoms with Gasteiger partial charge in [0.05, 0.1) is 6.04 Å². The lowest BCUT2D eigenvalue weighted by atomic mass is 10.0. The van der Waals surface area contributed by atoms with Gasteiger partial charge in [0.25, 0.3) is 5.56 Å². The molecule has 4 nitrogen and oxygen atoms in total. The van der Waals surface area contributed by atoms with Gasteiger partial charge in [-0.2, -0.15) is 0 Å². The van der Waals surface area contributed by atoms with Crippen LogP contribution in [0.3, 0.4) is 0 Å². The molecule has 2 aromatic heterocycles. The molecule has 0 saturated carbocycles. The Kier molecular flexibility index (Phi) is 5.68. The van der Waals surface area contributed by atoms with Gasteiger partial charge >= 0.3 is 0 Å². The van der Waals surface area contributed by atoms with E-state index in [4.69, 9.17) is 11.6 Å². The summed E-state index contributed by atoms with van der Waals surface area (Å²) < 4.78 is 0. The number of thiophene rings is 1. The van der Waals surface area contributed by atoms with Crippen molar-refractivity contribution < 1.29 is 4.79 Å². The zero-order valence-electron chi connectivity index (χ0n) is 13.8. The number of aromatic nitrogens is 1. The van der Waals surface area contributed by atoms with Crippen molar-refractivity contribution in [1.82, 2.24) is 10.3 Å². The molecule has 25 heavy (non-hydrogen) atoms. The van der Waals surface area contributed by atoms with Gasteiger partial charge < -0.3 is 10.3 Å². The molecule has 0 aliphatic rings. The Morgan fingerprint density at radius 3 is 2.96 bits per heavy atom. The molecule has 3 aromatic rings. The van der Waals surface area contributed by atoms with Crippen LogP contribution in [0.5, 0.6) is 0 Å². The van der Waals surface area contributed by atoms with Crippen molar-refractivity contribution in [2.75, 3.05) is 6.54 Å². The van der Waals surface area contributed by atoms with E-state index < -0.39 is 0 Å². The maximum atomic E-state index is 12.5. The van der Waals surface area contributed by atoms with E-state index in [0.717, 1.165) is 23.9 Å². The molecular formula is C19H19ClN2O2S. The van der Waals surface area contributed by atoms with Gasteiger partial charge in [-0.05, 0) is 53.9 Å². The van der Waals surface area contributed by atoms with E-state index in [1.807, 2.05) is 25.1 Å². The SMILES string of the molecule is CC(NCCc1cccs1)C(=O)Cc1cc2cc[nH]c(=O)c2cc1Cl. The van der Waals surface area contributed by atoms with Crippen molar-refractivity contribution in [2.24, 2.45) is 0 Å². The molecule has 130 valence electrons. The monoisotopic (exact) mass is 374 g/mol. The van der Waals surface area contributed by atoms with Gasteiger partial charge in [0, 0.05) is 34.4 Å². The molecule has 0 aliphatic heterocycles. The van der Waals surface area contributed by atoms with E-state index in [1.165, 1.54) is 4.88 Å². The Labute approximate surface area is 154 Å². The average Bonchev–Trinajstić information content (AvgIpc) is 3.10. The van der Waals surface area contributed by atoms with Gasteiger partial charge in [-0.25, -0.2) is 0 Å². The summed E-state index contributed by atoms with van der Waals surface area (Å²) in [5.74, 6) is 0.0808. The molecule has 2 N–H and O–H groups in total. The van der Waals surface area contributed by atoms with Gasteiger partial charge in [-0.3, -0.25) is 9.59 Å². The fourth-order valence-electron chi connectivity index (χ4n) is 2.71. The fourth-order valence-corrected chi connectivity index (χ4v) is 3.65. The topological polar surface area (TPSA) is 62.0 Å². The first-order valence-electron chi connectivity index (χ1n) is 8.13. The molecular weight excluding hydrogens is 356 g/mol. The zero-order valence-corrected chi connectivity index (χ0v) is 15.4. The second kappa shape index (κ2) is 7.95. The third kappa shape index (κ3) is 4.37. The maximum absolute atomic E-state index is 12.5. The third-order valence-electron chi connectivity index (χ3n) is 4.19. The van der Waals surface area contributed by atoms with Gasteiger partial charge in [-0.1, -0.05) is 17.7 Å². The normalized spacial score (nSPS) is 12.4. The number of carbonyl (C=O) groups is 1. The summed E-state index contributed by atoms with van der Waals surface area (Å²) in [6.07, 6.45) is 2.75. The number of ketones is 1. The second-order valence-corrected chi connectivity index (χ2v) is 7.43. The van der Waals surface area contributed by atoms with Crippen LogP contribution >= 0.6 is 22.9 Å². The molecule has 3 rings (SSSR count). The van der Waals surface area contributed by atoms with Crippen molar-refractivity contribution >= 4 is 39.5 Å². The molecule has 6 heteroatoms. The summed E-state index contributed by atoms with van der Waals surface area (Å²) >= 11 is 7.99. The van der Waals surface area contributed by atoms with Crippen molar-refractivity contribution in [3.05, 3.63) is 67.7 Å². The average molecular weight is 375 g/mol.